The molecule has 2 atom stereocenters. The molecule has 0 bridgehead atoms. The van der Waals surface area contributed by atoms with Gasteiger partial charge in [0.15, 0.2) is 11.5 Å². The fourth-order valence-electron chi connectivity index (χ4n) is 3.32. The van der Waals surface area contributed by atoms with Crippen LogP contribution in [-0.4, -0.2) is 30.5 Å². The van der Waals surface area contributed by atoms with Crippen LogP contribution >= 0.6 is 0 Å². The van der Waals surface area contributed by atoms with E-state index in [0.717, 1.165) is 5.56 Å². The average Bonchev–Trinajstić information content (AvgIpc) is 3.00. The van der Waals surface area contributed by atoms with E-state index in [9.17, 15) is 9.90 Å². The highest BCUT2D eigenvalue weighted by Crippen LogP contribution is 2.64. The zero-order chi connectivity index (χ0) is 18.3. The molecule has 0 radical (unpaired) electrons. The molecule has 0 heterocycles. The second-order valence-corrected chi connectivity index (χ2v) is 7.89. The summed E-state index contributed by atoms with van der Waals surface area (Å²) in [7, 11) is 1.48. The van der Waals surface area contributed by atoms with Crippen molar-refractivity contribution in [3.05, 3.63) is 17.7 Å². The Bertz CT molecular complexity index is 635. The molecule has 134 valence electrons. The minimum Gasteiger partial charge on any atom is -0.503 e. The largest absolute Gasteiger partial charge is 0.503 e. The van der Waals surface area contributed by atoms with E-state index in [-0.39, 0.29) is 22.8 Å². The van der Waals surface area contributed by atoms with E-state index in [1.165, 1.54) is 7.11 Å². The predicted molar refractivity (Wildman–Crippen MR) is 93.6 cm³/mol. The zero-order valence-corrected chi connectivity index (χ0v) is 15.3. The van der Waals surface area contributed by atoms with Crippen molar-refractivity contribution in [2.24, 2.45) is 17.1 Å². The number of phenolic OH excluding ortho intramolecular Hbond substituents is 1. The average molecular weight is 336 g/mol. The number of hydrogen-bond acceptors (Lipinski definition) is 5. The van der Waals surface area contributed by atoms with Crippen molar-refractivity contribution < 1.29 is 19.4 Å². The normalized spacial score (nSPS) is 22.0. The molecule has 0 unspecified atom stereocenters. The molecule has 6 heteroatoms. The number of ether oxygens (including phenoxy) is 2. The van der Waals surface area contributed by atoms with E-state index in [1.54, 1.807) is 32.9 Å². The molecule has 1 aromatic carbocycles. The van der Waals surface area contributed by atoms with Gasteiger partial charge < -0.3 is 20.3 Å². The van der Waals surface area contributed by atoms with E-state index in [1.807, 2.05) is 0 Å². The van der Waals surface area contributed by atoms with Gasteiger partial charge in [-0.15, -0.1) is 0 Å². The first-order valence-corrected chi connectivity index (χ1v) is 8.12. The fraction of sp³-hybridized carbons (Fsp3) is 0.611. The Labute approximate surface area is 143 Å². The number of aromatic hydroxyl groups is 1. The van der Waals surface area contributed by atoms with Crippen molar-refractivity contribution in [2.45, 2.75) is 46.1 Å². The summed E-state index contributed by atoms with van der Waals surface area (Å²) in [4.78, 5) is 12.0. The standard InChI is InChI=1S/C18H28N2O4/c1-17(2,3)24-16(22)20-12-7-10(8-13(23-6)15(12)21)14-11(9-19)18(14,4)5/h7-8,11,14,21H,9,19H2,1-6H3,(H,20,22)/t11-,14-/m0/s1. The van der Waals surface area contributed by atoms with Crippen LogP contribution in [0, 0.1) is 11.3 Å². The molecule has 2 rings (SSSR count). The van der Waals surface area contributed by atoms with Gasteiger partial charge in [0.1, 0.15) is 5.60 Å². The first kappa shape index (κ1) is 18.4. The van der Waals surface area contributed by atoms with Crippen molar-refractivity contribution in [2.75, 3.05) is 19.0 Å². The van der Waals surface area contributed by atoms with Gasteiger partial charge in [0, 0.05) is 0 Å². The van der Waals surface area contributed by atoms with E-state index < -0.39 is 11.7 Å². The molecule has 1 amide bonds. The lowest BCUT2D eigenvalue weighted by Gasteiger charge is -2.20. The number of methoxy groups -OCH3 is 1. The minimum atomic E-state index is -0.623. The highest BCUT2D eigenvalue weighted by molar-refractivity contribution is 5.88. The number of phenols is 1. The lowest BCUT2D eigenvalue weighted by atomic mass is 10.0. The van der Waals surface area contributed by atoms with Crippen LogP contribution in [0.25, 0.3) is 0 Å². The third kappa shape index (κ3) is 3.59. The molecule has 4 N–H and O–H groups in total. The molecule has 6 nitrogen and oxygen atoms in total. The van der Waals surface area contributed by atoms with Crippen LogP contribution < -0.4 is 15.8 Å². The summed E-state index contributed by atoms with van der Waals surface area (Å²) in [6, 6.07) is 3.57. The van der Waals surface area contributed by atoms with Gasteiger partial charge in [-0.1, -0.05) is 13.8 Å². The monoisotopic (exact) mass is 336 g/mol. The molecular formula is C18H28N2O4. The van der Waals surface area contributed by atoms with Gasteiger partial charge in [-0.05, 0) is 62.3 Å². The van der Waals surface area contributed by atoms with Gasteiger partial charge in [0.2, 0.25) is 0 Å². The smallest absolute Gasteiger partial charge is 0.412 e. The van der Waals surface area contributed by atoms with E-state index in [0.29, 0.717) is 18.2 Å². The van der Waals surface area contributed by atoms with Gasteiger partial charge >= 0.3 is 6.09 Å². The molecule has 1 aromatic rings. The lowest BCUT2D eigenvalue weighted by molar-refractivity contribution is 0.0635. The van der Waals surface area contributed by atoms with Crippen molar-refractivity contribution in [1.82, 2.24) is 0 Å². The first-order valence-electron chi connectivity index (χ1n) is 8.12. The Kier molecular flexibility index (Phi) is 4.72. The molecule has 0 aromatic heterocycles. The van der Waals surface area contributed by atoms with Crippen molar-refractivity contribution in [3.8, 4) is 11.5 Å². The van der Waals surface area contributed by atoms with Gasteiger partial charge in [-0.3, -0.25) is 5.32 Å². The maximum absolute atomic E-state index is 12.0. The Morgan fingerprint density at radius 1 is 1.38 bits per heavy atom. The predicted octanol–water partition coefficient (Wildman–Crippen LogP) is 3.45. The molecule has 0 saturated heterocycles. The molecule has 1 fully saturated rings. The van der Waals surface area contributed by atoms with Crippen LogP contribution in [0.3, 0.4) is 0 Å². The van der Waals surface area contributed by atoms with Gasteiger partial charge in [-0.25, -0.2) is 4.79 Å². The van der Waals surface area contributed by atoms with Gasteiger partial charge in [-0.2, -0.15) is 0 Å². The Hall–Kier alpha value is -1.95. The molecule has 0 spiro atoms. The van der Waals surface area contributed by atoms with Crippen molar-refractivity contribution in [1.29, 1.82) is 0 Å². The number of anilines is 1. The highest BCUT2D eigenvalue weighted by Gasteiger charge is 2.57. The maximum atomic E-state index is 12.0. The van der Waals surface area contributed by atoms with Crippen LogP contribution in [0.2, 0.25) is 0 Å². The highest BCUT2D eigenvalue weighted by atomic mass is 16.6. The summed E-state index contributed by atoms with van der Waals surface area (Å²) in [5.74, 6) is 0.823. The quantitative estimate of drug-likeness (QED) is 0.732. The molecule has 1 saturated carbocycles. The van der Waals surface area contributed by atoms with Crippen molar-refractivity contribution in [3.63, 3.8) is 0 Å². The summed E-state index contributed by atoms with van der Waals surface area (Å²) in [5.41, 5.74) is 6.58. The topological polar surface area (TPSA) is 93.8 Å². The van der Waals surface area contributed by atoms with Crippen LogP contribution in [0.4, 0.5) is 10.5 Å². The summed E-state index contributed by atoms with van der Waals surface area (Å²) in [6.07, 6.45) is -0.623. The Balaban J connectivity index is 2.32. The second-order valence-electron chi connectivity index (χ2n) is 7.89. The van der Waals surface area contributed by atoms with Crippen LogP contribution in [0.15, 0.2) is 12.1 Å². The lowest BCUT2D eigenvalue weighted by Crippen LogP contribution is -2.27. The number of hydrogen-bond donors (Lipinski definition) is 3. The fourth-order valence-corrected chi connectivity index (χ4v) is 3.32. The number of amides is 1. The van der Waals surface area contributed by atoms with Gasteiger partial charge in [0.25, 0.3) is 0 Å². The Morgan fingerprint density at radius 2 is 2.00 bits per heavy atom. The molecule has 1 aliphatic carbocycles. The van der Waals surface area contributed by atoms with Gasteiger partial charge in [0.05, 0.1) is 12.8 Å². The summed E-state index contributed by atoms with van der Waals surface area (Å²) in [6.45, 7) is 10.3. The third-order valence-electron chi connectivity index (χ3n) is 4.62. The van der Waals surface area contributed by atoms with E-state index >= 15 is 0 Å². The number of carbonyl (C=O) groups excluding carboxylic acids is 1. The van der Waals surface area contributed by atoms with E-state index in [4.69, 9.17) is 15.2 Å². The molecule has 24 heavy (non-hydrogen) atoms. The number of nitrogens with two attached hydrogens (primary N) is 1. The minimum absolute atomic E-state index is 0.0833. The number of benzene rings is 1. The van der Waals surface area contributed by atoms with Crippen LogP contribution in [-0.2, 0) is 4.74 Å². The Morgan fingerprint density at radius 3 is 2.46 bits per heavy atom. The number of carbonyl (C=O) groups is 1. The van der Waals surface area contributed by atoms with Crippen molar-refractivity contribution >= 4 is 11.8 Å². The van der Waals surface area contributed by atoms with Crippen LogP contribution in [0.1, 0.15) is 46.1 Å². The summed E-state index contributed by atoms with van der Waals surface area (Å²) < 4.78 is 10.5. The zero-order valence-electron chi connectivity index (χ0n) is 15.3. The number of rotatable bonds is 4. The maximum Gasteiger partial charge on any atom is 0.412 e. The molecule has 0 aliphatic heterocycles. The molecule has 1 aliphatic rings. The first-order chi connectivity index (χ1) is 11.0. The molecular weight excluding hydrogens is 308 g/mol. The van der Waals surface area contributed by atoms with Crippen LogP contribution in [0.5, 0.6) is 11.5 Å². The summed E-state index contributed by atoms with van der Waals surface area (Å²) in [5, 5.41) is 12.9. The third-order valence-corrected chi connectivity index (χ3v) is 4.62. The number of nitrogens with one attached hydrogen (secondary N) is 1. The summed E-state index contributed by atoms with van der Waals surface area (Å²) >= 11 is 0. The second kappa shape index (κ2) is 6.16. The SMILES string of the molecule is COc1cc([C@H]2[C@H](CN)C2(C)C)cc(NC(=O)OC(C)(C)C)c1O. The van der Waals surface area contributed by atoms with E-state index in [2.05, 4.69) is 19.2 Å².